The Morgan fingerprint density at radius 3 is 2.85 bits per heavy atom. The maximum atomic E-state index is 10.6. The van der Waals surface area contributed by atoms with Crippen LogP contribution in [0.25, 0.3) is 10.9 Å². The number of hydrogen-bond donors (Lipinski definition) is 0. The van der Waals surface area contributed by atoms with Crippen molar-refractivity contribution in [3.63, 3.8) is 0 Å². The molecule has 0 unspecified atom stereocenters. The van der Waals surface area contributed by atoms with E-state index in [0.717, 1.165) is 5.52 Å². The summed E-state index contributed by atoms with van der Waals surface area (Å²) in [6, 6.07) is 7.08. The normalized spacial score (nSPS) is 10.5. The lowest BCUT2D eigenvalue weighted by molar-refractivity contribution is -0.388. The predicted molar refractivity (Wildman–Crippen MR) is 47.4 cm³/mol. The molecule has 5 heteroatoms. The van der Waals surface area contributed by atoms with Gasteiger partial charge in [-0.05, 0) is 17.1 Å². The maximum absolute atomic E-state index is 10.6. The highest BCUT2D eigenvalue weighted by Gasteiger charge is 2.17. The van der Waals surface area contributed by atoms with Crippen molar-refractivity contribution in [1.82, 2.24) is 9.78 Å². The summed E-state index contributed by atoms with van der Waals surface area (Å²) < 4.78 is 1.51. The van der Waals surface area contributed by atoms with E-state index in [2.05, 4.69) is 5.10 Å². The zero-order chi connectivity index (χ0) is 9.42. The van der Waals surface area contributed by atoms with E-state index in [9.17, 15) is 10.1 Å². The SMILES string of the molecule is Cn1nc([N+](=O)[O-])c2ccccc21. The first kappa shape index (κ1) is 7.72. The quantitative estimate of drug-likeness (QED) is 0.489. The molecular weight excluding hydrogens is 170 g/mol. The van der Waals surface area contributed by atoms with Gasteiger partial charge in [-0.3, -0.25) is 0 Å². The number of fused-ring (bicyclic) bond motifs is 1. The highest BCUT2D eigenvalue weighted by molar-refractivity contribution is 5.86. The molecule has 0 radical (unpaired) electrons. The molecule has 2 aromatic rings. The van der Waals surface area contributed by atoms with Crippen LogP contribution < -0.4 is 0 Å². The average Bonchev–Trinajstić information content (AvgIpc) is 2.45. The molecule has 0 amide bonds. The van der Waals surface area contributed by atoms with Crippen molar-refractivity contribution in [3.05, 3.63) is 34.4 Å². The van der Waals surface area contributed by atoms with Crippen molar-refractivity contribution in [1.29, 1.82) is 0 Å². The molecular formula is C8H7N3O2. The Bertz CT molecular complexity index is 475. The first-order valence-electron chi connectivity index (χ1n) is 3.76. The highest BCUT2D eigenvalue weighted by atomic mass is 16.6. The van der Waals surface area contributed by atoms with Crippen LogP contribution in [-0.4, -0.2) is 14.7 Å². The molecule has 1 aromatic carbocycles. The number of nitrogens with zero attached hydrogens (tertiary/aromatic N) is 3. The van der Waals surface area contributed by atoms with Crippen LogP contribution in [0.4, 0.5) is 5.82 Å². The van der Waals surface area contributed by atoms with Gasteiger partial charge in [0.2, 0.25) is 0 Å². The molecule has 0 bridgehead atoms. The molecule has 0 N–H and O–H groups in total. The summed E-state index contributed by atoms with van der Waals surface area (Å²) in [5.41, 5.74) is 0.772. The third-order valence-electron chi connectivity index (χ3n) is 1.91. The molecule has 0 spiro atoms. The molecule has 0 atom stereocenters. The molecule has 66 valence electrons. The van der Waals surface area contributed by atoms with Crippen LogP contribution >= 0.6 is 0 Å². The van der Waals surface area contributed by atoms with Gasteiger partial charge in [0.1, 0.15) is 5.39 Å². The minimum absolute atomic E-state index is 0.0851. The fraction of sp³-hybridized carbons (Fsp3) is 0.125. The molecule has 1 aromatic heterocycles. The molecule has 2 rings (SSSR count). The molecule has 13 heavy (non-hydrogen) atoms. The topological polar surface area (TPSA) is 61.0 Å². The standard InChI is InChI=1S/C8H7N3O2/c1-10-7-5-3-2-4-6(7)8(9-10)11(12)13/h2-5H,1H3. The molecule has 0 aliphatic rings. The Balaban J connectivity index is 2.85. The monoisotopic (exact) mass is 177 g/mol. The van der Waals surface area contributed by atoms with Crippen LogP contribution in [0, 0.1) is 10.1 Å². The third-order valence-corrected chi connectivity index (χ3v) is 1.91. The smallest absolute Gasteiger partial charge is 0.358 e. The van der Waals surface area contributed by atoms with Gasteiger partial charge in [-0.1, -0.05) is 12.1 Å². The van der Waals surface area contributed by atoms with E-state index in [0.29, 0.717) is 5.39 Å². The van der Waals surface area contributed by atoms with Crippen molar-refractivity contribution in [2.24, 2.45) is 7.05 Å². The lowest BCUT2D eigenvalue weighted by atomic mass is 10.2. The van der Waals surface area contributed by atoms with E-state index in [1.807, 2.05) is 6.07 Å². The predicted octanol–water partition coefficient (Wildman–Crippen LogP) is 1.48. The van der Waals surface area contributed by atoms with E-state index >= 15 is 0 Å². The van der Waals surface area contributed by atoms with Gasteiger partial charge >= 0.3 is 5.82 Å². The zero-order valence-corrected chi connectivity index (χ0v) is 6.97. The summed E-state index contributed by atoms with van der Waals surface area (Å²) in [6.45, 7) is 0. The fourth-order valence-electron chi connectivity index (χ4n) is 1.33. The minimum atomic E-state index is -0.470. The van der Waals surface area contributed by atoms with Gasteiger partial charge in [0.15, 0.2) is 0 Å². The summed E-state index contributed by atoms with van der Waals surface area (Å²) in [7, 11) is 1.69. The Morgan fingerprint density at radius 1 is 1.46 bits per heavy atom. The lowest BCUT2D eigenvalue weighted by Crippen LogP contribution is -1.92. The van der Waals surface area contributed by atoms with E-state index in [-0.39, 0.29) is 5.82 Å². The van der Waals surface area contributed by atoms with Crippen LogP contribution in [-0.2, 0) is 7.05 Å². The molecule has 1 heterocycles. The third kappa shape index (κ3) is 1.05. The first-order valence-corrected chi connectivity index (χ1v) is 3.76. The Labute approximate surface area is 73.7 Å². The fourth-order valence-corrected chi connectivity index (χ4v) is 1.33. The number of hydrogen-bond acceptors (Lipinski definition) is 3. The van der Waals surface area contributed by atoms with Crippen LogP contribution in [0.2, 0.25) is 0 Å². The maximum Gasteiger partial charge on any atom is 0.397 e. The van der Waals surface area contributed by atoms with Crippen LogP contribution in [0.15, 0.2) is 24.3 Å². The zero-order valence-electron chi connectivity index (χ0n) is 6.97. The van der Waals surface area contributed by atoms with Crippen molar-refractivity contribution in [2.45, 2.75) is 0 Å². The van der Waals surface area contributed by atoms with E-state index < -0.39 is 4.92 Å². The van der Waals surface area contributed by atoms with Crippen molar-refractivity contribution in [2.75, 3.05) is 0 Å². The first-order chi connectivity index (χ1) is 6.20. The Hall–Kier alpha value is -1.91. The lowest BCUT2D eigenvalue weighted by Gasteiger charge is -1.87. The summed E-state index contributed by atoms with van der Waals surface area (Å²) in [6.07, 6.45) is 0. The molecule has 0 saturated carbocycles. The van der Waals surface area contributed by atoms with Crippen LogP contribution in [0.3, 0.4) is 0 Å². The Kier molecular flexibility index (Phi) is 1.51. The van der Waals surface area contributed by atoms with E-state index in [1.165, 1.54) is 4.68 Å². The molecule has 0 fully saturated rings. The van der Waals surface area contributed by atoms with E-state index in [1.54, 1.807) is 25.2 Å². The number of rotatable bonds is 1. The van der Waals surface area contributed by atoms with Gasteiger partial charge in [-0.2, -0.15) is 4.68 Å². The molecule has 5 nitrogen and oxygen atoms in total. The van der Waals surface area contributed by atoms with Crippen molar-refractivity contribution in [3.8, 4) is 0 Å². The van der Waals surface area contributed by atoms with Gasteiger partial charge in [-0.25, -0.2) is 0 Å². The highest BCUT2D eigenvalue weighted by Crippen LogP contribution is 2.22. The second-order valence-corrected chi connectivity index (χ2v) is 2.72. The largest absolute Gasteiger partial charge is 0.397 e. The van der Waals surface area contributed by atoms with Gasteiger partial charge in [0.25, 0.3) is 0 Å². The van der Waals surface area contributed by atoms with Gasteiger partial charge < -0.3 is 10.1 Å². The Morgan fingerprint density at radius 2 is 2.15 bits per heavy atom. The summed E-state index contributed by atoms with van der Waals surface area (Å²) in [5, 5.41) is 14.9. The van der Waals surface area contributed by atoms with Gasteiger partial charge in [-0.15, -0.1) is 0 Å². The molecule has 0 aliphatic carbocycles. The second-order valence-electron chi connectivity index (χ2n) is 2.72. The van der Waals surface area contributed by atoms with Gasteiger partial charge in [0.05, 0.1) is 17.7 Å². The van der Waals surface area contributed by atoms with Crippen molar-refractivity contribution < 1.29 is 4.92 Å². The number of benzene rings is 1. The number of aryl methyl sites for hydroxylation is 1. The molecule has 0 saturated heterocycles. The number of para-hydroxylation sites is 1. The van der Waals surface area contributed by atoms with Crippen LogP contribution in [0.5, 0.6) is 0 Å². The minimum Gasteiger partial charge on any atom is -0.358 e. The summed E-state index contributed by atoms with van der Waals surface area (Å²) in [5.74, 6) is -0.0851. The van der Waals surface area contributed by atoms with E-state index in [4.69, 9.17) is 0 Å². The second kappa shape index (κ2) is 2.55. The number of aromatic nitrogens is 2. The average molecular weight is 177 g/mol. The summed E-state index contributed by atoms with van der Waals surface area (Å²) in [4.78, 5) is 10.1. The van der Waals surface area contributed by atoms with Gasteiger partial charge in [0, 0.05) is 0 Å². The van der Waals surface area contributed by atoms with Crippen LogP contribution in [0.1, 0.15) is 0 Å². The molecule has 0 aliphatic heterocycles. The van der Waals surface area contributed by atoms with Crippen molar-refractivity contribution >= 4 is 16.7 Å². The summed E-state index contributed by atoms with van der Waals surface area (Å²) >= 11 is 0. The number of nitro groups is 1.